The molecule has 4 aromatic rings. The lowest BCUT2D eigenvalue weighted by molar-refractivity contribution is 0.0827. The van der Waals surface area contributed by atoms with E-state index in [1.54, 1.807) is 19.0 Å². The van der Waals surface area contributed by atoms with Crippen LogP contribution in [0.1, 0.15) is 10.4 Å². The normalized spacial score (nSPS) is 10.8. The van der Waals surface area contributed by atoms with Gasteiger partial charge in [0.2, 0.25) is 0 Å². The van der Waals surface area contributed by atoms with Crippen molar-refractivity contribution in [3.8, 4) is 11.3 Å². The highest BCUT2D eigenvalue weighted by atomic mass is 35.5. The third-order valence-electron chi connectivity index (χ3n) is 4.45. The molecule has 0 aliphatic rings. The Balaban J connectivity index is 1.60. The summed E-state index contributed by atoms with van der Waals surface area (Å²) in [5.74, 6) is 0.722. The zero-order valence-electron chi connectivity index (χ0n) is 15.5. The first kappa shape index (κ1) is 18.1. The molecule has 2 N–H and O–H groups in total. The van der Waals surface area contributed by atoms with Gasteiger partial charge in [-0.2, -0.15) is 0 Å². The molecule has 0 spiro atoms. The second kappa shape index (κ2) is 7.37. The fraction of sp³-hybridized carbons (Fsp3) is 0.0909. The number of nitrogens with one attached hydrogen (secondary N) is 2. The van der Waals surface area contributed by atoms with Gasteiger partial charge in [-0.25, -0.2) is 4.98 Å². The summed E-state index contributed by atoms with van der Waals surface area (Å²) in [6.07, 6.45) is 1.83. The van der Waals surface area contributed by atoms with Gasteiger partial charge in [0.05, 0.1) is 5.52 Å². The van der Waals surface area contributed by atoms with E-state index in [1.807, 2.05) is 66.9 Å². The number of halogens is 1. The number of aromatic nitrogens is 2. The maximum absolute atomic E-state index is 12.0. The van der Waals surface area contributed by atoms with Gasteiger partial charge in [0.1, 0.15) is 5.82 Å². The number of carbonyl (C=O) groups excluding carboxylic acids is 1. The van der Waals surface area contributed by atoms with E-state index >= 15 is 0 Å². The highest BCUT2D eigenvalue weighted by Gasteiger charge is 2.09. The fourth-order valence-corrected chi connectivity index (χ4v) is 3.20. The molecule has 0 radical (unpaired) electrons. The van der Waals surface area contributed by atoms with E-state index in [9.17, 15) is 4.79 Å². The van der Waals surface area contributed by atoms with E-state index in [0.29, 0.717) is 10.6 Å². The molecule has 0 atom stereocenters. The van der Waals surface area contributed by atoms with Gasteiger partial charge >= 0.3 is 0 Å². The van der Waals surface area contributed by atoms with Crippen molar-refractivity contribution in [2.24, 2.45) is 0 Å². The van der Waals surface area contributed by atoms with Gasteiger partial charge in [0, 0.05) is 53.7 Å². The van der Waals surface area contributed by atoms with Crippen molar-refractivity contribution in [2.45, 2.75) is 0 Å². The second-order valence-electron chi connectivity index (χ2n) is 6.75. The molecule has 5 nitrogen and oxygen atoms in total. The Hall–Kier alpha value is -3.31. The van der Waals surface area contributed by atoms with Crippen LogP contribution in [0.2, 0.25) is 5.02 Å². The minimum absolute atomic E-state index is 0.0101. The maximum atomic E-state index is 12.0. The van der Waals surface area contributed by atoms with Gasteiger partial charge in [-0.1, -0.05) is 29.8 Å². The largest absolute Gasteiger partial charge is 0.354 e. The van der Waals surface area contributed by atoms with Crippen molar-refractivity contribution in [3.05, 3.63) is 77.4 Å². The van der Waals surface area contributed by atoms with Crippen LogP contribution in [0.4, 0.5) is 11.5 Å². The Labute approximate surface area is 168 Å². The number of nitrogens with zero attached hydrogens (tertiary/aromatic N) is 2. The van der Waals surface area contributed by atoms with Crippen molar-refractivity contribution in [2.75, 3.05) is 19.4 Å². The molecular weight excluding hydrogens is 372 g/mol. The standard InChI is InChI=1S/C22H19ClN4O/c1-27(2)22(28)15-8-6-14(7-9-15)19-10-16-13-24-21(12-20(16)26-19)25-18-5-3-4-17(23)11-18/h3-13,26H,1-2H3,(H,24,25). The van der Waals surface area contributed by atoms with Crippen molar-refractivity contribution < 1.29 is 4.79 Å². The number of H-pyrrole nitrogens is 1. The van der Waals surface area contributed by atoms with E-state index in [4.69, 9.17) is 11.6 Å². The molecule has 0 unspecified atom stereocenters. The van der Waals surface area contributed by atoms with Gasteiger partial charge in [0.15, 0.2) is 0 Å². The average molecular weight is 391 g/mol. The van der Waals surface area contributed by atoms with Gasteiger partial charge in [-0.15, -0.1) is 0 Å². The van der Waals surface area contributed by atoms with Crippen LogP contribution >= 0.6 is 11.6 Å². The van der Waals surface area contributed by atoms with E-state index < -0.39 is 0 Å². The maximum Gasteiger partial charge on any atom is 0.253 e. The first-order valence-electron chi connectivity index (χ1n) is 8.83. The van der Waals surface area contributed by atoms with Crippen molar-refractivity contribution in [1.82, 2.24) is 14.9 Å². The number of rotatable bonds is 4. The number of fused-ring (bicyclic) bond motifs is 1. The number of aromatic amines is 1. The lowest BCUT2D eigenvalue weighted by Crippen LogP contribution is -2.21. The van der Waals surface area contributed by atoms with Gasteiger partial charge in [0.25, 0.3) is 5.91 Å². The summed E-state index contributed by atoms with van der Waals surface area (Å²) in [6.45, 7) is 0. The molecular formula is C22H19ClN4O. The van der Waals surface area contributed by atoms with E-state index in [2.05, 4.69) is 15.3 Å². The molecule has 2 heterocycles. The minimum Gasteiger partial charge on any atom is -0.354 e. The quantitative estimate of drug-likeness (QED) is 0.495. The van der Waals surface area contributed by atoms with Gasteiger partial charge < -0.3 is 15.2 Å². The molecule has 140 valence electrons. The molecule has 6 heteroatoms. The summed E-state index contributed by atoms with van der Waals surface area (Å²) >= 11 is 6.03. The number of benzene rings is 2. The summed E-state index contributed by atoms with van der Waals surface area (Å²) in [7, 11) is 3.49. The number of carbonyl (C=O) groups is 1. The highest BCUT2D eigenvalue weighted by Crippen LogP contribution is 2.27. The van der Waals surface area contributed by atoms with Crippen LogP contribution in [-0.2, 0) is 0 Å². The number of pyridine rings is 1. The molecule has 4 rings (SSSR count). The molecule has 2 aromatic heterocycles. The van der Waals surface area contributed by atoms with Gasteiger partial charge in [-0.05, 0) is 42.0 Å². The van der Waals surface area contributed by atoms with Crippen LogP contribution in [-0.4, -0.2) is 34.9 Å². The summed E-state index contributed by atoms with van der Waals surface area (Å²) < 4.78 is 0. The molecule has 0 fully saturated rings. The molecule has 0 aliphatic heterocycles. The Morgan fingerprint density at radius 2 is 1.86 bits per heavy atom. The summed E-state index contributed by atoms with van der Waals surface area (Å²) in [4.78, 5) is 21.5. The Bertz CT molecular complexity index is 1150. The average Bonchev–Trinajstić information content (AvgIpc) is 3.11. The SMILES string of the molecule is CN(C)C(=O)c1ccc(-c2cc3cnc(Nc4cccc(Cl)c4)cc3[nH]2)cc1. The smallest absolute Gasteiger partial charge is 0.253 e. The number of anilines is 2. The van der Waals surface area contributed by atoms with Gasteiger partial charge in [-0.3, -0.25) is 4.79 Å². The van der Waals surface area contributed by atoms with Crippen LogP contribution in [0.15, 0.2) is 66.9 Å². The molecule has 0 bridgehead atoms. The predicted molar refractivity (Wildman–Crippen MR) is 114 cm³/mol. The fourth-order valence-electron chi connectivity index (χ4n) is 3.01. The van der Waals surface area contributed by atoms with Crippen molar-refractivity contribution in [3.63, 3.8) is 0 Å². The molecule has 0 aliphatic carbocycles. The number of hydrogen-bond donors (Lipinski definition) is 2. The van der Waals surface area contributed by atoms with Crippen LogP contribution in [0, 0.1) is 0 Å². The lowest BCUT2D eigenvalue weighted by atomic mass is 10.1. The molecule has 0 saturated carbocycles. The zero-order chi connectivity index (χ0) is 19.7. The predicted octanol–water partition coefficient (Wildman–Crippen LogP) is 5.33. The molecule has 28 heavy (non-hydrogen) atoms. The van der Waals surface area contributed by atoms with E-state index in [1.165, 1.54) is 0 Å². The lowest BCUT2D eigenvalue weighted by Gasteiger charge is -2.10. The summed E-state index contributed by atoms with van der Waals surface area (Å²) in [6, 6.07) is 19.1. The van der Waals surface area contributed by atoms with Crippen LogP contribution in [0.3, 0.4) is 0 Å². The summed E-state index contributed by atoms with van der Waals surface area (Å²) in [5, 5.41) is 4.94. The number of amides is 1. The van der Waals surface area contributed by atoms with Crippen molar-refractivity contribution >= 4 is 39.9 Å². The third kappa shape index (κ3) is 3.70. The van der Waals surface area contributed by atoms with Crippen LogP contribution in [0.5, 0.6) is 0 Å². The van der Waals surface area contributed by atoms with Crippen LogP contribution < -0.4 is 5.32 Å². The number of hydrogen-bond acceptors (Lipinski definition) is 3. The first-order valence-corrected chi connectivity index (χ1v) is 9.21. The second-order valence-corrected chi connectivity index (χ2v) is 7.19. The van der Waals surface area contributed by atoms with E-state index in [0.717, 1.165) is 33.7 Å². The Morgan fingerprint density at radius 1 is 1.07 bits per heavy atom. The van der Waals surface area contributed by atoms with Crippen LogP contribution in [0.25, 0.3) is 22.2 Å². The molecule has 0 saturated heterocycles. The Kier molecular flexibility index (Phi) is 4.75. The topological polar surface area (TPSA) is 61.0 Å². The van der Waals surface area contributed by atoms with E-state index in [-0.39, 0.29) is 5.91 Å². The Morgan fingerprint density at radius 3 is 2.57 bits per heavy atom. The third-order valence-corrected chi connectivity index (χ3v) is 4.69. The van der Waals surface area contributed by atoms with Crippen molar-refractivity contribution in [1.29, 1.82) is 0 Å². The molecule has 1 amide bonds. The minimum atomic E-state index is -0.0101. The highest BCUT2D eigenvalue weighted by molar-refractivity contribution is 6.30. The first-order chi connectivity index (χ1) is 13.5. The monoisotopic (exact) mass is 390 g/mol. The summed E-state index contributed by atoms with van der Waals surface area (Å²) in [5.41, 5.74) is 4.51. The zero-order valence-corrected chi connectivity index (χ0v) is 16.3. The molecule has 2 aromatic carbocycles.